The minimum atomic E-state index is -0.562. The second kappa shape index (κ2) is 9.48. The molecule has 27 heavy (non-hydrogen) atoms. The van der Waals surface area contributed by atoms with E-state index < -0.39 is 5.82 Å². The van der Waals surface area contributed by atoms with Crippen LogP contribution in [0.15, 0.2) is 18.2 Å². The molecule has 2 fully saturated rings. The van der Waals surface area contributed by atoms with E-state index in [1.54, 1.807) is 4.90 Å². The summed E-state index contributed by atoms with van der Waals surface area (Å²) in [6.07, 6.45) is 2.08. The molecule has 1 N–H and O–H groups in total. The van der Waals surface area contributed by atoms with Gasteiger partial charge in [0.25, 0.3) is 5.91 Å². The quantitative estimate of drug-likeness (QED) is 0.796. The van der Waals surface area contributed by atoms with Crippen LogP contribution in [0.3, 0.4) is 0 Å². The molecule has 0 saturated carbocycles. The molecular formula is C19H25ClFN3O3. The Hall–Kier alpha value is -1.70. The highest BCUT2D eigenvalue weighted by atomic mass is 35.5. The zero-order valence-electron chi connectivity index (χ0n) is 15.3. The monoisotopic (exact) mass is 397 g/mol. The fourth-order valence-corrected chi connectivity index (χ4v) is 3.61. The summed E-state index contributed by atoms with van der Waals surface area (Å²) in [6.45, 7) is 4.36. The van der Waals surface area contributed by atoms with Crippen molar-refractivity contribution < 1.29 is 18.7 Å². The predicted octanol–water partition coefficient (Wildman–Crippen LogP) is 1.92. The van der Waals surface area contributed by atoms with Crippen molar-refractivity contribution in [3.63, 3.8) is 0 Å². The number of halogens is 2. The predicted molar refractivity (Wildman–Crippen MR) is 100 cm³/mol. The largest absolute Gasteiger partial charge is 0.376 e. The third kappa shape index (κ3) is 5.40. The fourth-order valence-electron chi connectivity index (χ4n) is 3.42. The molecule has 2 aliphatic heterocycles. The van der Waals surface area contributed by atoms with Crippen LogP contribution in [0.25, 0.3) is 0 Å². The number of nitrogens with one attached hydrogen (secondary N) is 1. The van der Waals surface area contributed by atoms with E-state index >= 15 is 0 Å². The van der Waals surface area contributed by atoms with Gasteiger partial charge in [0, 0.05) is 57.9 Å². The summed E-state index contributed by atoms with van der Waals surface area (Å²) in [6, 6.07) is 3.94. The van der Waals surface area contributed by atoms with Crippen molar-refractivity contribution in [1.82, 2.24) is 15.1 Å². The summed E-state index contributed by atoms with van der Waals surface area (Å²) in [4.78, 5) is 28.8. The first kappa shape index (κ1) is 20.0. The summed E-state index contributed by atoms with van der Waals surface area (Å²) in [5, 5.41) is 3.13. The van der Waals surface area contributed by atoms with Crippen LogP contribution in [0, 0.1) is 5.82 Å². The zero-order chi connectivity index (χ0) is 19.2. The summed E-state index contributed by atoms with van der Waals surface area (Å²) in [7, 11) is 0. The number of benzene rings is 1. The average molecular weight is 398 g/mol. The van der Waals surface area contributed by atoms with Crippen LogP contribution in [0.2, 0.25) is 5.02 Å². The lowest BCUT2D eigenvalue weighted by molar-refractivity contribution is -0.132. The number of amides is 2. The van der Waals surface area contributed by atoms with Gasteiger partial charge in [0.15, 0.2) is 0 Å². The third-order valence-electron chi connectivity index (χ3n) is 4.97. The first-order valence-corrected chi connectivity index (χ1v) is 9.77. The Morgan fingerprint density at radius 3 is 2.78 bits per heavy atom. The van der Waals surface area contributed by atoms with Crippen LogP contribution in [0.5, 0.6) is 0 Å². The van der Waals surface area contributed by atoms with Gasteiger partial charge in [-0.2, -0.15) is 0 Å². The van der Waals surface area contributed by atoms with E-state index in [0.717, 1.165) is 25.9 Å². The maximum Gasteiger partial charge on any atom is 0.254 e. The topological polar surface area (TPSA) is 61.9 Å². The molecule has 0 aliphatic carbocycles. The molecule has 6 nitrogen and oxygen atoms in total. The Labute approximate surface area is 163 Å². The molecule has 0 radical (unpaired) electrons. The molecule has 1 atom stereocenters. The summed E-state index contributed by atoms with van der Waals surface area (Å²) >= 11 is 5.82. The Kier molecular flexibility index (Phi) is 7.04. The van der Waals surface area contributed by atoms with Crippen molar-refractivity contribution in [2.45, 2.75) is 25.4 Å². The number of piperazine rings is 1. The van der Waals surface area contributed by atoms with Gasteiger partial charge in [-0.05, 0) is 31.0 Å². The highest BCUT2D eigenvalue weighted by molar-refractivity contribution is 6.31. The lowest BCUT2D eigenvalue weighted by Gasteiger charge is -2.30. The average Bonchev–Trinajstić information content (AvgIpc) is 3.20. The van der Waals surface area contributed by atoms with Gasteiger partial charge >= 0.3 is 0 Å². The number of hydrogen-bond donors (Lipinski definition) is 1. The minimum Gasteiger partial charge on any atom is -0.376 e. The SMILES string of the molecule is O=C(CCN(C[C@@H]1CCCO1)C(=O)c1ccc(F)c(Cl)c1)N1CCNCC1. The highest BCUT2D eigenvalue weighted by Gasteiger charge is 2.25. The number of carbonyl (C=O) groups excluding carboxylic acids is 2. The van der Waals surface area contributed by atoms with E-state index in [0.29, 0.717) is 38.3 Å². The number of rotatable bonds is 6. The van der Waals surface area contributed by atoms with Crippen LogP contribution in [0.1, 0.15) is 29.6 Å². The molecule has 1 aromatic carbocycles. The molecule has 2 heterocycles. The smallest absolute Gasteiger partial charge is 0.254 e. The summed E-state index contributed by atoms with van der Waals surface area (Å²) in [5.41, 5.74) is 0.314. The van der Waals surface area contributed by atoms with Crippen LogP contribution < -0.4 is 5.32 Å². The van der Waals surface area contributed by atoms with Gasteiger partial charge < -0.3 is 19.9 Å². The van der Waals surface area contributed by atoms with E-state index in [1.807, 2.05) is 4.90 Å². The molecular weight excluding hydrogens is 373 g/mol. The van der Waals surface area contributed by atoms with Gasteiger partial charge in [-0.1, -0.05) is 11.6 Å². The number of carbonyl (C=O) groups is 2. The molecule has 0 unspecified atom stereocenters. The fraction of sp³-hybridized carbons (Fsp3) is 0.579. The van der Waals surface area contributed by atoms with Gasteiger partial charge in [-0.3, -0.25) is 9.59 Å². The first-order valence-electron chi connectivity index (χ1n) is 9.39. The zero-order valence-corrected chi connectivity index (χ0v) is 16.0. The highest BCUT2D eigenvalue weighted by Crippen LogP contribution is 2.19. The maximum atomic E-state index is 13.4. The molecule has 3 rings (SSSR count). The molecule has 8 heteroatoms. The van der Waals surface area contributed by atoms with Crippen molar-refractivity contribution in [1.29, 1.82) is 0 Å². The van der Waals surface area contributed by atoms with Gasteiger partial charge in [0.2, 0.25) is 5.91 Å². The van der Waals surface area contributed by atoms with E-state index in [9.17, 15) is 14.0 Å². The maximum absolute atomic E-state index is 13.4. The van der Waals surface area contributed by atoms with Gasteiger partial charge in [-0.25, -0.2) is 4.39 Å². The Morgan fingerprint density at radius 2 is 2.11 bits per heavy atom. The lowest BCUT2D eigenvalue weighted by atomic mass is 10.1. The molecule has 0 aromatic heterocycles. The van der Waals surface area contributed by atoms with Crippen molar-refractivity contribution in [2.75, 3.05) is 45.9 Å². The summed E-state index contributed by atoms with van der Waals surface area (Å²) in [5.74, 6) is -0.785. The second-order valence-corrected chi connectivity index (χ2v) is 7.30. The van der Waals surface area contributed by atoms with E-state index in [2.05, 4.69) is 5.32 Å². The van der Waals surface area contributed by atoms with Crippen molar-refractivity contribution in [3.8, 4) is 0 Å². The van der Waals surface area contributed by atoms with Gasteiger partial charge in [-0.15, -0.1) is 0 Å². The van der Waals surface area contributed by atoms with Crippen LogP contribution in [-0.2, 0) is 9.53 Å². The van der Waals surface area contributed by atoms with Gasteiger partial charge in [0.1, 0.15) is 5.82 Å². The van der Waals surface area contributed by atoms with Crippen molar-refractivity contribution in [3.05, 3.63) is 34.6 Å². The van der Waals surface area contributed by atoms with Crippen LogP contribution >= 0.6 is 11.6 Å². The third-order valence-corrected chi connectivity index (χ3v) is 5.26. The molecule has 2 aliphatic rings. The van der Waals surface area contributed by atoms with Crippen molar-refractivity contribution in [2.24, 2.45) is 0 Å². The lowest BCUT2D eigenvalue weighted by Crippen LogP contribution is -2.47. The Morgan fingerprint density at radius 1 is 1.33 bits per heavy atom. The number of hydrogen-bond acceptors (Lipinski definition) is 4. The number of nitrogens with zero attached hydrogens (tertiary/aromatic N) is 2. The molecule has 148 valence electrons. The number of ether oxygens (including phenoxy) is 1. The first-order chi connectivity index (χ1) is 13.0. The Bertz CT molecular complexity index is 676. The molecule has 1 aromatic rings. The van der Waals surface area contributed by atoms with Crippen LogP contribution in [-0.4, -0.2) is 73.6 Å². The standard InChI is InChI=1S/C19H25ClFN3O3/c20-16-12-14(3-4-17(16)21)19(26)24(13-15-2-1-11-27-15)8-5-18(25)23-9-6-22-7-10-23/h3-4,12,15,22H,1-2,5-11,13H2/t15-/m0/s1. The van der Waals surface area contributed by atoms with E-state index in [4.69, 9.17) is 16.3 Å². The normalized spacial score (nSPS) is 19.9. The van der Waals surface area contributed by atoms with E-state index in [-0.39, 0.29) is 29.4 Å². The summed E-state index contributed by atoms with van der Waals surface area (Å²) < 4.78 is 19.1. The molecule has 0 spiro atoms. The minimum absolute atomic E-state index is 0.0286. The molecule has 0 bridgehead atoms. The molecule has 2 saturated heterocycles. The van der Waals surface area contributed by atoms with Crippen molar-refractivity contribution >= 4 is 23.4 Å². The molecule has 2 amide bonds. The van der Waals surface area contributed by atoms with Crippen LogP contribution in [0.4, 0.5) is 4.39 Å². The second-order valence-electron chi connectivity index (χ2n) is 6.90. The van der Waals surface area contributed by atoms with Gasteiger partial charge in [0.05, 0.1) is 11.1 Å². The van der Waals surface area contributed by atoms with E-state index in [1.165, 1.54) is 18.2 Å². The Balaban J connectivity index is 1.66.